The Morgan fingerprint density at radius 1 is 1.36 bits per heavy atom. The SMILES string of the molecule is CCCCNC(=O)C1CN(S(C)(=O)=O)c2cc(C(C)(C)C)ccc2O1. The molecule has 0 bridgehead atoms. The first-order valence-corrected chi connectivity index (χ1v) is 10.5. The number of ether oxygens (including phenoxy) is 1. The van der Waals surface area contributed by atoms with E-state index in [0.29, 0.717) is 18.0 Å². The van der Waals surface area contributed by atoms with Crippen molar-refractivity contribution in [2.75, 3.05) is 23.7 Å². The molecule has 140 valence electrons. The Kier molecular flexibility index (Phi) is 5.66. The van der Waals surface area contributed by atoms with Crippen LogP contribution in [-0.2, 0) is 20.2 Å². The number of unbranched alkanes of at least 4 members (excludes halogenated alkanes) is 1. The van der Waals surface area contributed by atoms with E-state index >= 15 is 0 Å². The number of nitrogens with one attached hydrogen (secondary N) is 1. The van der Waals surface area contributed by atoms with Gasteiger partial charge in [0.1, 0.15) is 5.75 Å². The van der Waals surface area contributed by atoms with Gasteiger partial charge in [-0.1, -0.05) is 40.2 Å². The van der Waals surface area contributed by atoms with Gasteiger partial charge >= 0.3 is 0 Å². The number of carbonyl (C=O) groups excluding carboxylic acids is 1. The Bertz CT molecular complexity index is 738. The summed E-state index contributed by atoms with van der Waals surface area (Å²) in [6.07, 6.45) is 2.15. The summed E-state index contributed by atoms with van der Waals surface area (Å²) in [7, 11) is -3.52. The van der Waals surface area contributed by atoms with Crippen LogP contribution in [0.2, 0.25) is 0 Å². The van der Waals surface area contributed by atoms with E-state index in [1.54, 1.807) is 6.07 Å². The lowest BCUT2D eigenvalue weighted by Gasteiger charge is -2.35. The van der Waals surface area contributed by atoms with Crippen molar-refractivity contribution in [2.24, 2.45) is 0 Å². The van der Waals surface area contributed by atoms with Crippen LogP contribution in [0.4, 0.5) is 5.69 Å². The van der Waals surface area contributed by atoms with Crippen LogP contribution in [-0.4, -0.2) is 39.8 Å². The van der Waals surface area contributed by atoms with E-state index in [1.165, 1.54) is 4.31 Å². The topological polar surface area (TPSA) is 75.7 Å². The highest BCUT2D eigenvalue weighted by Crippen LogP contribution is 2.38. The highest BCUT2D eigenvalue weighted by molar-refractivity contribution is 7.92. The zero-order valence-corrected chi connectivity index (χ0v) is 16.4. The van der Waals surface area contributed by atoms with Gasteiger partial charge in [0.25, 0.3) is 5.91 Å². The zero-order valence-electron chi connectivity index (χ0n) is 15.6. The third-order valence-corrected chi connectivity index (χ3v) is 5.36. The van der Waals surface area contributed by atoms with Crippen LogP contribution < -0.4 is 14.4 Å². The zero-order chi connectivity index (χ0) is 18.8. The summed E-state index contributed by atoms with van der Waals surface area (Å²) < 4.78 is 31.6. The highest BCUT2D eigenvalue weighted by Gasteiger charge is 2.35. The number of carbonyl (C=O) groups is 1. The maximum atomic E-state index is 12.3. The molecule has 1 heterocycles. The number of sulfonamides is 1. The molecular weight excluding hydrogens is 340 g/mol. The molecule has 1 amide bonds. The smallest absolute Gasteiger partial charge is 0.263 e. The van der Waals surface area contributed by atoms with Crippen molar-refractivity contribution in [3.05, 3.63) is 23.8 Å². The van der Waals surface area contributed by atoms with Gasteiger partial charge < -0.3 is 10.1 Å². The van der Waals surface area contributed by atoms with Crippen LogP contribution in [0.1, 0.15) is 46.1 Å². The second-order valence-electron chi connectivity index (χ2n) is 7.48. The first-order valence-electron chi connectivity index (χ1n) is 8.60. The van der Waals surface area contributed by atoms with Gasteiger partial charge in [0.15, 0.2) is 6.10 Å². The number of rotatable bonds is 5. The normalized spacial score (nSPS) is 17.6. The third kappa shape index (κ3) is 4.66. The summed E-state index contributed by atoms with van der Waals surface area (Å²) in [5.74, 6) is 0.132. The van der Waals surface area contributed by atoms with E-state index in [4.69, 9.17) is 4.74 Å². The van der Waals surface area contributed by atoms with E-state index in [1.807, 2.05) is 19.1 Å². The molecule has 0 radical (unpaired) electrons. The Morgan fingerprint density at radius 3 is 2.60 bits per heavy atom. The molecule has 1 aromatic carbocycles. The van der Waals surface area contributed by atoms with Gasteiger partial charge in [-0.25, -0.2) is 8.42 Å². The lowest BCUT2D eigenvalue weighted by Crippen LogP contribution is -2.50. The van der Waals surface area contributed by atoms with Crippen LogP contribution >= 0.6 is 0 Å². The molecule has 1 N–H and O–H groups in total. The molecule has 1 unspecified atom stereocenters. The Labute approximate surface area is 150 Å². The molecule has 0 spiro atoms. The minimum absolute atomic E-state index is 0.0165. The van der Waals surface area contributed by atoms with Crippen molar-refractivity contribution >= 4 is 21.6 Å². The van der Waals surface area contributed by atoms with Crippen LogP contribution in [0.15, 0.2) is 18.2 Å². The first kappa shape index (κ1) is 19.6. The van der Waals surface area contributed by atoms with Gasteiger partial charge in [-0.2, -0.15) is 0 Å². The van der Waals surface area contributed by atoms with E-state index in [-0.39, 0.29) is 17.9 Å². The van der Waals surface area contributed by atoms with Crippen LogP contribution in [0.3, 0.4) is 0 Å². The van der Waals surface area contributed by atoms with Crippen molar-refractivity contribution in [1.29, 1.82) is 0 Å². The Morgan fingerprint density at radius 2 is 2.04 bits per heavy atom. The maximum Gasteiger partial charge on any atom is 0.263 e. The lowest BCUT2D eigenvalue weighted by molar-refractivity contribution is -0.127. The molecule has 1 aliphatic heterocycles. The summed E-state index contributed by atoms with van der Waals surface area (Å²) in [4.78, 5) is 12.3. The minimum atomic E-state index is -3.52. The first-order chi connectivity index (χ1) is 11.5. The fraction of sp³-hybridized carbons (Fsp3) is 0.611. The molecule has 1 atom stereocenters. The number of hydrogen-bond donors (Lipinski definition) is 1. The third-order valence-electron chi connectivity index (χ3n) is 4.22. The standard InChI is InChI=1S/C18H28N2O4S/c1-6-7-10-19-17(21)16-12-20(25(5,22)23)14-11-13(18(2,3)4)8-9-15(14)24-16/h8-9,11,16H,6-7,10,12H2,1-5H3,(H,19,21). The van der Waals surface area contributed by atoms with Crippen LogP contribution in [0.25, 0.3) is 0 Å². The average Bonchev–Trinajstić information content (AvgIpc) is 2.51. The van der Waals surface area contributed by atoms with Gasteiger partial charge in [0.05, 0.1) is 18.5 Å². The number of fused-ring (bicyclic) bond motifs is 1. The molecule has 0 aromatic heterocycles. The van der Waals surface area contributed by atoms with E-state index in [9.17, 15) is 13.2 Å². The Balaban J connectivity index is 2.35. The predicted octanol–water partition coefficient (Wildman–Crippen LogP) is 2.43. The number of anilines is 1. The lowest BCUT2D eigenvalue weighted by atomic mass is 9.86. The molecule has 1 aliphatic rings. The molecule has 0 saturated heterocycles. The molecule has 7 heteroatoms. The summed E-state index contributed by atoms with van der Waals surface area (Å²) >= 11 is 0. The minimum Gasteiger partial charge on any atom is -0.476 e. The van der Waals surface area contributed by atoms with E-state index in [2.05, 4.69) is 26.1 Å². The van der Waals surface area contributed by atoms with Crippen molar-refractivity contribution in [3.8, 4) is 5.75 Å². The van der Waals surface area contributed by atoms with Crippen LogP contribution in [0.5, 0.6) is 5.75 Å². The molecular formula is C18H28N2O4S. The average molecular weight is 368 g/mol. The summed E-state index contributed by atoms with van der Waals surface area (Å²) in [5.41, 5.74) is 1.38. The molecule has 1 aromatic rings. The van der Waals surface area contributed by atoms with Crippen molar-refractivity contribution in [1.82, 2.24) is 5.32 Å². The fourth-order valence-electron chi connectivity index (χ4n) is 2.67. The molecule has 0 fully saturated rings. The second kappa shape index (κ2) is 7.23. The fourth-order valence-corrected chi connectivity index (χ4v) is 3.58. The molecule has 0 saturated carbocycles. The molecule has 0 aliphatic carbocycles. The van der Waals surface area contributed by atoms with Gasteiger partial charge in [0, 0.05) is 6.54 Å². The second-order valence-corrected chi connectivity index (χ2v) is 9.38. The molecule has 25 heavy (non-hydrogen) atoms. The highest BCUT2D eigenvalue weighted by atomic mass is 32.2. The summed E-state index contributed by atoms with van der Waals surface area (Å²) in [6.45, 7) is 8.77. The monoisotopic (exact) mass is 368 g/mol. The predicted molar refractivity (Wildman–Crippen MR) is 99.7 cm³/mol. The summed E-state index contributed by atoms with van der Waals surface area (Å²) in [5, 5.41) is 2.81. The van der Waals surface area contributed by atoms with Crippen LogP contribution in [0, 0.1) is 0 Å². The van der Waals surface area contributed by atoms with Gasteiger partial charge in [-0.3, -0.25) is 9.10 Å². The van der Waals surface area contributed by atoms with Gasteiger partial charge in [0.2, 0.25) is 10.0 Å². The van der Waals surface area contributed by atoms with E-state index in [0.717, 1.165) is 24.7 Å². The van der Waals surface area contributed by atoms with Gasteiger partial charge in [-0.15, -0.1) is 0 Å². The van der Waals surface area contributed by atoms with Gasteiger partial charge in [-0.05, 0) is 29.5 Å². The molecule has 6 nitrogen and oxygen atoms in total. The maximum absolute atomic E-state index is 12.3. The largest absolute Gasteiger partial charge is 0.476 e. The Hall–Kier alpha value is -1.76. The molecule has 2 rings (SSSR count). The number of amides is 1. The van der Waals surface area contributed by atoms with Crippen molar-refractivity contribution < 1.29 is 17.9 Å². The van der Waals surface area contributed by atoms with E-state index < -0.39 is 16.1 Å². The quantitative estimate of drug-likeness (QED) is 0.810. The summed E-state index contributed by atoms with van der Waals surface area (Å²) in [6, 6.07) is 5.50. The van der Waals surface area contributed by atoms with Crippen molar-refractivity contribution in [2.45, 2.75) is 52.1 Å². The van der Waals surface area contributed by atoms with Crippen molar-refractivity contribution in [3.63, 3.8) is 0 Å². The number of hydrogen-bond acceptors (Lipinski definition) is 4. The number of benzene rings is 1. The number of nitrogens with zero attached hydrogens (tertiary/aromatic N) is 1.